The zero-order chi connectivity index (χ0) is 12.6. The molecule has 0 atom stereocenters. The molecule has 0 aliphatic rings. The van der Waals surface area contributed by atoms with E-state index in [-0.39, 0.29) is 23.1 Å². The lowest BCUT2D eigenvalue weighted by Crippen LogP contribution is -1.77. The number of hydrogen-bond acceptors (Lipinski definition) is 0. The maximum absolute atomic E-state index is 7.97. The molecule has 0 saturated heterocycles. The molecule has 0 amide bonds. The molecule has 0 saturated carbocycles. The van der Waals surface area contributed by atoms with Crippen molar-refractivity contribution >= 4 is 27.5 Å². The summed E-state index contributed by atoms with van der Waals surface area (Å²) in [5.74, 6) is 0. The van der Waals surface area contributed by atoms with Crippen molar-refractivity contribution in [3.05, 3.63) is 58.0 Å². The van der Waals surface area contributed by atoms with Gasteiger partial charge in [0.25, 0.3) is 0 Å². The molecule has 14 heavy (non-hydrogen) atoms. The molecule has 0 unspecified atom stereocenters. The van der Waals surface area contributed by atoms with Crippen molar-refractivity contribution < 1.29 is 4.11 Å². The normalized spacial score (nSPS) is 13.1. The summed E-state index contributed by atoms with van der Waals surface area (Å²) >= 11 is 9.09. The standard InChI is InChI=1S/C12H8BrCl/c13-11-6-10(7-12(14)8-11)9-4-2-1-3-5-9/h1-8H/i6D,7D,8D. The lowest BCUT2D eigenvalue weighted by atomic mass is 10.1. The highest BCUT2D eigenvalue weighted by atomic mass is 79.9. The van der Waals surface area contributed by atoms with Gasteiger partial charge in [-0.2, -0.15) is 0 Å². The summed E-state index contributed by atoms with van der Waals surface area (Å²) in [7, 11) is 0. The van der Waals surface area contributed by atoms with Gasteiger partial charge in [-0.3, -0.25) is 0 Å². The van der Waals surface area contributed by atoms with E-state index < -0.39 is 0 Å². The summed E-state index contributed by atoms with van der Waals surface area (Å²) in [6.45, 7) is 0. The highest BCUT2D eigenvalue weighted by Crippen LogP contribution is 2.26. The largest absolute Gasteiger partial charge is 0.0843 e. The maximum Gasteiger partial charge on any atom is 0.0650 e. The Morgan fingerprint density at radius 3 is 2.43 bits per heavy atom. The first-order chi connectivity index (χ1) is 8.04. The van der Waals surface area contributed by atoms with Gasteiger partial charge in [0, 0.05) is 9.50 Å². The topological polar surface area (TPSA) is 0 Å². The average Bonchev–Trinajstić information content (AvgIpc) is 2.36. The summed E-state index contributed by atoms with van der Waals surface area (Å²) in [5, 5.41) is 0.0618. The van der Waals surface area contributed by atoms with Gasteiger partial charge < -0.3 is 0 Å². The number of rotatable bonds is 1. The van der Waals surface area contributed by atoms with E-state index >= 15 is 0 Å². The molecular weight excluding hydrogens is 259 g/mol. The zero-order valence-corrected chi connectivity index (χ0v) is 9.48. The van der Waals surface area contributed by atoms with Crippen molar-refractivity contribution in [1.29, 1.82) is 0 Å². The van der Waals surface area contributed by atoms with Crippen LogP contribution in [0.25, 0.3) is 11.1 Å². The van der Waals surface area contributed by atoms with E-state index in [1.807, 2.05) is 30.3 Å². The minimum atomic E-state index is -0.0126. The van der Waals surface area contributed by atoms with Crippen LogP contribution in [0.1, 0.15) is 4.11 Å². The van der Waals surface area contributed by atoms with Gasteiger partial charge in [0.2, 0.25) is 0 Å². The Labute approximate surface area is 101 Å². The number of benzene rings is 2. The molecule has 0 aromatic heterocycles. The van der Waals surface area contributed by atoms with Crippen molar-refractivity contribution in [2.75, 3.05) is 0 Å². The highest BCUT2D eigenvalue weighted by Gasteiger charge is 1.99. The van der Waals surface area contributed by atoms with Crippen molar-refractivity contribution in [3.63, 3.8) is 0 Å². The van der Waals surface area contributed by atoms with Crippen molar-refractivity contribution in [2.45, 2.75) is 0 Å². The predicted octanol–water partition coefficient (Wildman–Crippen LogP) is 4.77. The fraction of sp³-hybridized carbons (Fsp3) is 0. The van der Waals surface area contributed by atoms with E-state index in [1.54, 1.807) is 0 Å². The first-order valence-electron chi connectivity index (χ1n) is 5.54. The molecule has 2 aromatic carbocycles. The van der Waals surface area contributed by atoms with E-state index in [1.165, 1.54) is 0 Å². The monoisotopic (exact) mass is 269 g/mol. The van der Waals surface area contributed by atoms with Crippen LogP contribution in [-0.4, -0.2) is 0 Å². The van der Waals surface area contributed by atoms with Crippen LogP contribution in [0.3, 0.4) is 0 Å². The molecule has 0 radical (unpaired) electrons. The van der Waals surface area contributed by atoms with E-state index in [2.05, 4.69) is 15.9 Å². The molecule has 0 N–H and O–H groups in total. The van der Waals surface area contributed by atoms with Crippen molar-refractivity contribution in [1.82, 2.24) is 0 Å². The van der Waals surface area contributed by atoms with E-state index in [0.29, 0.717) is 10.0 Å². The quantitative estimate of drug-likeness (QED) is 0.700. The Balaban J connectivity index is 2.80. The number of hydrogen-bond donors (Lipinski definition) is 0. The molecule has 2 aromatic rings. The van der Waals surface area contributed by atoms with E-state index in [0.717, 1.165) is 5.56 Å². The van der Waals surface area contributed by atoms with Gasteiger partial charge in [-0.25, -0.2) is 0 Å². The van der Waals surface area contributed by atoms with Crippen LogP contribution in [0.15, 0.2) is 52.9 Å². The molecular formula is C12H8BrCl. The molecule has 0 spiro atoms. The van der Waals surface area contributed by atoms with Gasteiger partial charge in [0.1, 0.15) is 0 Å². The summed E-state index contributed by atoms with van der Waals surface area (Å²) in [5.41, 5.74) is 1.20. The third-order valence-electron chi connectivity index (χ3n) is 1.75. The molecule has 70 valence electrons. The van der Waals surface area contributed by atoms with Crippen molar-refractivity contribution in [2.24, 2.45) is 0 Å². The fourth-order valence-electron chi connectivity index (χ4n) is 1.16. The van der Waals surface area contributed by atoms with Crippen LogP contribution in [0.4, 0.5) is 0 Å². The zero-order valence-electron chi connectivity index (χ0n) is 10.1. The Morgan fingerprint density at radius 2 is 1.71 bits per heavy atom. The highest BCUT2D eigenvalue weighted by molar-refractivity contribution is 9.10. The Kier molecular flexibility index (Phi) is 1.97. The lowest BCUT2D eigenvalue weighted by Gasteiger charge is -2.02. The molecule has 0 bridgehead atoms. The second kappa shape index (κ2) is 4.16. The van der Waals surface area contributed by atoms with Crippen LogP contribution >= 0.6 is 27.5 Å². The van der Waals surface area contributed by atoms with Gasteiger partial charge in [-0.15, -0.1) is 0 Å². The molecule has 2 heteroatoms. The smallest absolute Gasteiger partial charge is 0.0650 e. The van der Waals surface area contributed by atoms with Gasteiger partial charge in [0.05, 0.1) is 4.11 Å². The maximum atomic E-state index is 7.97. The first kappa shape index (κ1) is 6.65. The van der Waals surface area contributed by atoms with Crippen LogP contribution < -0.4 is 0 Å². The van der Waals surface area contributed by atoms with Crippen molar-refractivity contribution in [3.8, 4) is 11.1 Å². The van der Waals surface area contributed by atoms with Crippen LogP contribution in [0, 0.1) is 0 Å². The molecule has 0 nitrogen and oxygen atoms in total. The van der Waals surface area contributed by atoms with Gasteiger partial charge in [0.15, 0.2) is 0 Å². The predicted molar refractivity (Wildman–Crippen MR) is 64.6 cm³/mol. The average molecular weight is 271 g/mol. The second-order valence-corrected chi connectivity index (χ2v) is 3.91. The fourth-order valence-corrected chi connectivity index (χ4v) is 1.86. The third kappa shape index (κ3) is 2.17. The van der Waals surface area contributed by atoms with Gasteiger partial charge >= 0.3 is 0 Å². The first-order valence-corrected chi connectivity index (χ1v) is 5.21. The minimum Gasteiger partial charge on any atom is -0.0843 e. The molecule has 0 aliphatic heterocycles. The Hall–Kier alpha value is -0.790. The lowest BCUT2D eigenvalue weighted by molar-refractivity contribution is 1.59. The van der Waals surface area contributed by atoms with Crippen LogP contribution in [0.2, 0.25) is 5.02 Å². The summed E-state index contributed by atoms with van der Waals surface area (Å²) < 4.78 is 23.9. The van der Waals surface area contributed by atoms with Gasteiger partial charge in [-0.05, 0) is 29.3 Å². The molecule has 2 rings (SSSR count). The van der Waals surface area contributed by atoms with Crippen LogP contribution in [-0.2, 0) is 0 Å². The molecule has 0 aliphatic carbocycles. The number of halogens is 2. The minimum absolute atomic E-state index is 0.0126. The molecule has 0 fully saturated rings. The third-order valence-corrected chi connectivity index (χ3v) is 2.34. The van der Waals surface area contributed by atoms with E-state index in [9.17, 15) is 0 Å². The summed E-state index contributed by atoms with van der Waals surface area (Å²) in [6, 6.07) is 9.31. The van der Waals surface area contributed by atoms with E-state index in [4.69, 9.17) is 15.7 Å². The Morgan fingerprint density at radius 1 is 1.00 bits per heavy atom. The molecule has 0 heterocycles. The van der Waals surface area contributed by atoms with Crippen LogP contribution in [0.5, 0.6) is 0 Å². The second-order valence-electron chi connectivity index (χ2n) is 2.74. The Bertz CT molecular complexity index is 541. The summed E-state index contributed by atoms with van der Waals surface area (Å²) in [4.78, 5) is 0. The summed E-state index contributed by atoms with van der Waals surface area (Å²) in [6.07, 6.45) is 0. The SMILES string of the molecule is [2H]c1c(Cl)c([2H])c(-c2ccccc2)c([2H])c1Br. The van der Waals surface area contributed by atoms with Gasteiger partial charge in [-0.1, -0.05) is 57.9 Å².